The van der Waals surface area contributed by atoms with Crippen molar-refractivity contribution in [2.75, 3.05) is 5.75 Å². The highest BCUT2D eigenvalue weighted by molar-refractivity contribution is 9.10. The summed E-state index contributed by atoms with van der Waals surface area (Å²) in [7, 11) is 0. The van der Waals surface area contributed by atoms with Crippen molar-refractivity contribution >= 4 is 50.9 Å². The average molecular weight is 392 g/mol. The Morgan fingerprint density at radius 2 is 1.70 bits per heavy atom. The van der Waals surface area contributed by atoms with Crippen molar-refractivity contribution in [3.05, 3.63) is 62.5 Å². The average Bonchev–Trinajstić information content (AvgIpc) is 2.42. The van der Waals surface area contributed by atoms with Gasteiger partial charge in [0.1, 0.15) is 0 Å². The molecule has 0 spiro atoms. The van der Waals surface area contributed by atoms with Crippen molar-refractivity contribution in [3.8, 4) is 0 Å². The summed E-state index contributed by atoms with van der Waals surface area (Å²) in [5, 5.41) is 11.3. The Morgan fingerprint density at radius 1 is 1.05 bits per heavy atom. The number of halogens is 3. The third-order valence-corrected chi connectivity index (χ3v) is 5.65. The van der Waals surface area contributed by atoms with E-state index in [-0.39, 0.29) is 0 Å². The van der Waals surface area contributed by atoms with Crippen LogP contribution in [-0.2, 0) is 6.42 Å². The molecule has 106 valence electrons. The zero-order valence-corrected chi connectivity index (χ0v) is 14.4. The molecular weight excluding hydrogens is 379 g/mol. The van der Waals surface area contributed by atoms with Gasteiger partial charge in [-0.05, 0) is 45.8 Å². The Labute approximate surface area is 141 Å². The topological polar surface area (TPSA) is 20.2 Å². The first kappa shape index (κ1) is 16.2. The molecule has 1 atom stereocenters. The zero-order valence-electron chi connectivity index (χ0n) is 10.5. The van der Waals surface area contributed by atoms with Gasteiger partial charge in [-0.15, -0.1) is 11.8 Å². The lowest BCUT2D eigenvalue weighted by Crippen LogP contribution is -2.14. The van der Waals surface area contributed by atoms with Gasteiger partial charge in [0.2, 0.25) is 0 Å². The number of aliphatic hydroxyl groups excluding tert-OH is 1. The predicted octanol–water partition coefficient (Wildman–Crippen LogP) is 5.45. The first-order valence-corrected chi connectivity index (χ1v) is 8.59. The fraction of sp³-hybridized carbons (Fsp3) is 0.200. The van der Waals surface area contributed by atoms with Gasteiger partial charge in [0.15, 0.2) is 0 Å². The lowest BCUT2D eigenvalue weighted by atomic mass is 10.1. The summed E-state index contributed by atoms with van der Waals surface area (Å²) >= 11 is 17.3. The quantitative estimate of drug-likeness (QED) is 0.683. The summed E-state index contributed by atoms with van der Waals surface area (Å²) in [4.78, 5) is 1.11. The molecule has 0 fully saturated rings. The summed E-state index contributed by atoms with van der Waals surface area (Å²) in [6.07, 6.45) is -0.0415. The van der Waals surface area contributed by atoms with E-state index in [1.165, 1.54) is 0 Å². The molecule has 1 nitrogen and oxygen atoms in total. The standard InChI is InChI=1S/C15H13BrCl2OS/c16-12-4-1-2-7-15(12)20-9-10(19)8-11-13(17)5-3-6-14(11)18/h1-7,10,19H,8-9H2. The fourth-order valence-corrected chi connectivity index (χ4v) is 3.82. The van der Waals surface area contributed by atoms with Crippen LogP contribution < -0.4 is 0 Å². The Morgan fingerprint density at radius 3 is 2.35 bits per heavy atom. The zero-order chi connectivity index (χ0) is 14.5. The molecule has 1 N–H and O–H groups in total. The highest BCUT2D eigenvalue weighted by Gasteiger charge is 2.12. The molecule has 0 aromatic heterocycles. The maximum Gasteiger partial charge on any atom is 0.0675 e. The van der Waals surface area contributed by atoms with E-state index < -0.39 is 6.10 Å². The minimum Gasteiger partial charge on any atom is -0.392 e. The van der Waals surface area contributed by atoms with E-state index >= 15 is 0 Å². The van der Waals surface area contributed by atoms with Gasteiger partial charge in [0.05, 0.1) is 6.10 Å². The second kappa shape index (κ2) is 7.71. The molecule has 2 rings (SSSR count). The van der Waals surface area contributed by atoms with Gasteiger partial charge in [-0.1, -0.05) is 41.4 Å². The van der Waals surface area contributed by atoms with Gasteiger partial charge in [-0.2, -0.15) is 0 Å². The van der Waals surface area contributed by atoms with E-state index in [4.69, 9.17) is 23.2 Å². The Balaban J connectivity index is 1.96. The summed E-state index contributed by atoms with van der Waals surface area (Å²) in [6.45, 7) is 0. The van der Waals surface area contributed by atoms with Crippen LogP contribution in [0.4, 0.5) is 0 Å². The van der Waals surface area contributed by atoms with E-state index in [2.05, 4.69) is 15.9 Å². The van der Waals surface area contributed by atoms with Crippen LogP contribution >= 0.6 is 50.9 Å². The summed E-state index contributed by atoms with van der Waals surface area (Å²) in [5.41, 5.74) is 0.802. The number of thioether (sulfide) groups is 1. The summed E-state index contributed by atoms with van der Waals surface area (Å²) < 4.78 is 1.04. The van der Waals surface area contributed by atoms with Crippen LogP contribution in [0.5, 0.6) is 0 Å². The summed E-state index contributed by atoms with van der Waals surface area (Å²) in [6, 6.07) is 13.3. The molecule has 1 unspecified atom stereocenters. The van der Waals surface area contributed by atoms with Gasteiger partial charge < -0.3 is 5.11 Å². The third kappa shape index (κ3) is 4.40. The largest absolute Gasteiger partial charge is 0.392 e. The van der Waals surface area contributed by atoms with E-state index in [1.807, 2.05) is 24.3 Å². The van der Waals surface area contributed by atoms with Crippen LogP contribution in [0.3, 0.4) is 0 Å². The number of hydrogen-bond donors (Lipinski definition) is 1. The van der Waals surface area contributed by atoms with Crippen LogP contribution in [0.1, 0.15) is 5.56 Å². The Hall–Kier alpha value is -0.190. The molecule has 0 bridgehead atoms. The van der Waals surface area contributed by atoms with Crippen molar-refractivity contribution in [1.82, 2.24) is 0 Å². The number of hydrogen-bond acceptors (Lipinski definition) is 2. The highest BCUT2D eigenvalue weighted by atomic mass is 79.9. The maximum absolute atomic E-state index is 10.2. The molecule has 0 saturated heterocycles. The van der Waals surface area contributed by atoms with Gasteiger partial charge in [-0.25, -0.2) is 0 Å². The number of benzene rings is 2. The molecule has 2 aromatic rings. The molecule has 0 saturated carbocycles. The van der Waals surface area contributed by atoms with Crippen LogP contribution in [0.25, 0.3) is 0 Å². The van der Waals surface area contributed by atoms with E-state index in [9.17, 15) is 5.11 Å². The third-order valence-electron chi connectivity index (χ3n) is 2.77. The van der Waals surface area contributed by atoms with E-state index in [1.54, 1.807) is 30.0 Å². The Bertz CT molecular complexity index is 572. The lowest BCUT2D eigenvalue weighted by molar-refractivity contribution is 0.200. The van der Waals surface area contributed by atoms with Gasteiger partial charge in [0.25, 0.3) is 0 Å². The minimum atomic E-state index is -0.496. The highest BCUT2D eigenvalue weighted by Crippen LogP contribution is 2.30. The van der Waals surface area contributed by atoms with E-state index in [0.29, 0.717) is 22.2 Å². The second-order valence-corrected chi connectivity index (χ2v) is 7.03. The fourth-order valence-electron chi connectivity index (χ4n) is 1.77. The number of aliphatic hydroxyl groups is 1. The Kier molecular flexibility index (Phi) is 6.24. The lowest BCUT2D eigenvalue weighted by Gasteiger charge is -2.13. The molecule has 5 heteroatoms. The smallest absolute Gasteiger partial charge is 0.0675 e. The molecule has 2 aromatic carbocycles. The van der Waals surface area contributed by atoms with Gasteiger partial charge in [0, 0.05) is 31.6 Å². The SMILES string of the molecule is OC(CSc1ccccc1Br)Cc1c(Cl)cccc1Cl. The number of rotatable bonds is 5. The van der Waals surface area contributed by atoms with Gasteiger partial charge >= 0.3 is 0 Å². The monoisotopic (exact) mass is 390 g/mol. The van der Waals surface area contributed by atoms with Crippen molar-refractivity contribution < 1.29 is 5.11 Å². The van der Waals surface area contributed by atoms with Crippen LogP contribution in [-0.4, -0.2) is 17.0 Å². The van der Waals surface area contributed by atoms with Crippen molar-refractivity contribution in [3.63, 3.8) is 0 Å². The van der Waals surface area contributed by atoms with E-state index in [0.717, 1.165) is 14.9 Å². The van der Waals surface area contributed by atoms with Crippen molar-refractivity contribution in [2.24, 2.45) is 0 Å². The maximum atomic E-state index is 10.2. The van der Waals surface area contributed by atoms with Gasteiger partial charge in [-0.3, -0.25) is 0 Å². The molecule has 0 aliphatic heterocycles. The molecular formula is C15H13BrCl2OS. The minimum absolute atomic E-state index is 0.454. The van der Waals surface area contributed by atoms with Crippen molar-refractivity contribution in [1.29, 1.82) is 0 Å². The van der Waals surface area contributed by atoms with Crippen LogP contribution in [0.2, 0.25) is 10.0 Å². The first-order chi connectivity index (χ1) is 9.58. The van der Waals surface area contributed by atoms with Crippen LogP contribution in [0, 0.1) is 0 Å². The molecule has 0 amide bonds. The van der Waals surface area contributed by atoms with Crippen LogP contribution in [0.15, 0.2) is 51.8 Å². The van der Waals surface area contributed by atoms with Crippen molar-refractivity contribution in [2.45, 2.75) is 17.4 Å². The molecule has 0 radical (unpaired) electrons. The molecule has 0 heterocycles. The predicted molar refractivity (Wildman–Crippen MR) is 91.0 cm³/mol. The normalized spacial score (nSPS) is 12.4. The molecule has 0 aliphatic carbocycles. The first-order valence-electron chi connectivity index (χ1n) is 6.06. The molecule has 20 heavy (non-hydrogen) atoms. The second-order valence-electron chi connectivity index (χ2n) is 4.30. The summed E-state index contributed by atoms with van der Waals surface area (Å²) in [5.74, 6) is 0.587. The molecule has 0 aliphatic rings.